The molecule has 19 heavy (non-hydrogen) atoms. The zero-order chi connectivity index (χ0) is 13.2. The fourth-order valence-electron chi connectivity index (χ4n) is 3.96. The normalized spacial score (nSPS) is 36.4. The Bertz CT molecular complexity index is 327. The maximum Gasteiger partial charge on any atom is 0.237 e. The summed E-state index contributed by atoms with van der Waals surface area (Å²) in [4.78, 5) is 12.3. The molecular formula is C16H28N2O. The Balaban J connectivity index is 1.46. The van der Waals surface area contributed by atoms with Gasteiger partial charge in [-0.25, -0.2) is 0 Å². The molecule has 0 aromatic rings. The quantitative estimate of drug-likeness (QED) is 0.819. The molecule has 0 aromatic carbocycles. The van der Waals surface area contributed by atoms with Gasteiger partial charge in [-0.1, -0.05) is 25.7 Å². The number of fused-ring (bicyclic) bond motifs is 1. The van der Waals surface area contributed by atoms with Gasteiger partial charge in [-0.2, -0.15) is 0 Å². The number of hydrogen-bond acceptors (Lipinski definition) is 2. The van der Waals surface area contributed by atoms with Crippen molar-refractivity contribution in [3.63, 3.8) is 0 Å². The van der Waals surface area contributed by atoms with Crippen LogP contribution in [0.25, 0.3) is 0 Å². The first kappa shape index (κ1) is 13.4. The molecule has 3 aliphatic rings. The first-order valence-electron chi connectivity index (χ1n) is 8.29. The zero-order valence-electron chi connectivity index (χ0n) is 12.2. The van der Waals surface area contributed by atoms with Crippen LogP contribution in [0.15, 0.2) is 0 Å². The minimum absolute atomic E-state index is 0.0704. The molecule has 3 heteroatoms. The summed E-state index contributed by atoms with van der Waals surface area (Å²) in [6, 6.07) is 1.03. The summed E-state index contributed by atoms with van der Waals surface area (Å²) in [7, 11) is 0. The summed E-state index contributed by atoms with van der Waals surface area (Å²) in [6.07, 6.45) is 11.5. The summed E-state index contributed by atoms with van der Waals surface area (Å²) in [5, 5.41) is 6.83. The van der Waals surface area contributed by atoms with Crippen molar-refractivity contribution in [2.24, 2.45) is 11.8 Å². The largest absolute Gasteiger partial charge is 0.352 e. The molecule has 2 aliphatic carbocycles. The maximum atomic E-state index is 12.3. The Kier molecular flexibility index (Phi) is 4.11. The van der Waals surface area contributed by atoms with Crippen LogP contribution in [0.4, 0.5) is 0 Å². The van der Waals surface area contributed by atoms with Crippen molar-refractivity contribution < 1.29 is 4.79 Å². The lowest BCUT2D eigenvalue weighted by Crippen LogP contribution is -2.56. The van der Waals surface area contributed by atoms with Crippen molar-refractivity contribution in [3.8, 4) is 0 Å². The summed E-state index contributed by atoms with van der Waals surface area (Å²) in [5.41, 5.74) is 0. The van der Waals surface area contributed by atoms with E-state index in [4.69, 9.17) is 0 Å². The maximum absolute atomic E-state index is 12.3. The lowest BCUT2D eigenvalue weighted by Gasteiger charge is -2.40. The van der Waals surface area contributed by atoms with E-state index in [1.54, 1.807) is 0 Å². The van der Waals surface area contributed by atoms with Crippen LogP contribution in [0.3, 0.4) is 0 Å². The average Bonchev–Trinajstić information content (AvgIpc) is 3.21. The molecule has 3 rings (SSSR count). The standard InChI is InChI=1S/C16H28N2O/c1-11(10-12-6-7-12)17-16(19)15-9-8-13-4-2-3-5-14(13)18-15/h11-15,18H,2-10H2,1H3,(H,17,19). The van der Waals surface area contributed by atoms with Crippen LogP contribution in [-0.2, 0) is 4.79 Å². The van der Waals surface area contributed by atoms with Crippen molar-refractivity contribution in [1.82, 2.24) is 10.6 Å². The van der Waals surface area contributed by atoms with E-state index in [0.717, 1.165) is 18.3 Å². The first-order valence-corrected chi connectivity index (χ1v) is 8.29. The minimum atomic E-state index is 0.0704. The van der Waals surface area contributed by atoms with Crippen LogP contribution in [0.1, 0.15) is 64.7 Å². The van der Waals surface area contributed by atoms with Crippen molar-refractivity contribution in [1.29, 1.82) is 0 Å². The molecule has 1 amide bonds. The number of rotatable bonds is 4. The molecule has 2 saturated carbocycles. The molecule has 1 heterocycles. The van der Waals surface area contributed by atoms with Crippen LogP contribution in [0.5, 0.6) is 0 Å². The third-order valence-corrected chi connectivity index (χ3v) is 5.24. The SMILES string of the molecule is CC(CC1CC1)NC(=O)C1CCC2CCCCC2N1. The second kappa shape index (κ2) is 5.82. The molecule has 3 nitrogen and oxygen atoms in total. The monoisotopic (exact) mass is 264 g/mol. The Morgan fingerprint density at radius 1 is 1.16 bits per heavy atom. The van der Waals surface area contributed by atoms with Crippen molar-refractivity contribution in [2.45, 2.75) is 82.8 Å². The highest BCUT2D eigenvalue weighted by Gasteiger charge is 2.35. The van der Waals surface area contributed by atoms with Gasteiger partial charge in [-0.3, -0.25) is 4.79 Å². The van der Waals surface area contributed by atoms with Crippen LogP contribution < -0.4 is 10.6 Å². The Hall–Kier alpha value is -0.570. The summed E-state index contributed by atoms with van der Waals surface area (Å²) < 4.78 is 0. The average molecular weight is 264 g/mol. The molecule has 0 radical (unpaired) electrons. The fourth-order valence-corrected chi connectivity index (χ4v) is 3.96. The van der Waals surface area contributed by atoms with Crippen molar-refractivity contribution >= 4 is 5.91 Å². The highest BCUT2D eigenvalue weighted by atomic mass is 16.2. The van der Waals surface area contributed by atoms with E-state index in [0.29, 0.717) is 12.1 Å². The molecule has 0 bridgehead atoms. The minimum Gasteiger partial charge on any atom is -0.352 e. The molecule has 108 valence electrons. The van der Waals surface area contributed by atoms with E-state index in [1.807, 2.05) is 0 Å². The first-order chi connectivity index (χ1) is 9.22. The van der Waals surface area contributed by atoms with Gasteiger partial charge in [0, 0.05) is 12.1 Å². The van der Waals surface area contributed by atoms with E-state index < -0.39 is 0 Å². The van der Waals surface area contributed by atoms with E-state index >= 15 is 0 Å². The molecule has 3 fully saturated rings. The van der Waals surface area contributed by atoms with Gasteiger partial charge < -0.3 is 10.6 Å². The number of nitrogens with one attached hydrogen (secondary N) is 2. The van der Waals surface area contributed by atoms with E-state index in [1.165, 1.54) is 51.4 Å². The van der Waals surface area contributed by atoms with Gasteiger partial charge in [0.05, 0.1) is 6.04 Å². The summed E-state index contributed by atoms with van der Waals surface area (Å²) >= 11 is 0. The van der Waals surface area contributed by atoms with Crippen molar-refractivity contribution in [3.05, 3.63) is 0 Å². The number of carbonyl (C=O) groups excluding carboxylic acids is 1. The van der Waals surface area contributed by atoms with Gasteiger partial charge >= 0.3 is 0 Å². The van der Waals surface area contributed by atoms with Gasteiger partial charge in [0.1, 0.15) is 0 Å². The van der Waals surface area contributed by atoms with E-state index in [2.05, 4.69) is 17.6 Å². The molecular weight excluding hydrogens is 236 g/mol. The predicted octanol–water partition coefficient (Wildman–Crippen LogP) is 2.60. The number of hydrogen-bond donors (Lipinski definition) is 2. The summed E-state index contributed by atoms with van der Waals surface area (Å²) in [6.45, 7) is 2.16. The lowest BCUT2D eigenvalue weighted by atomic mass is 9.77. The van der Waals surface area contributed by atoms with Gasteiger partial charge in [-0.05, 0) is 50.9 Å². The molecule has 4 unspecified atom stereocenters. The fraction of sp³-hybridized carbons (Fsp3) is 0.938. The van der Waals surface area contributed by atoms with Gasteiger partial charge in [-0.15, -0.1) is 0 Å². The molecule has 2 N–H and O–H groups in total. The number of piperidine rings is 1. The molecule has 1 aliphatic heterocycles. The van der Waals surface area contributed by atoms with E-state index in [-0.39, 0.29) is 11.9 Å². The highest BCUT2D eigenvalue weighted by molar-refractivity contribution is 5.82. The van der Waals surface area contributed by atoms with E-state index in [9.17, 15) is 4.79 Å². The number of carbonyl (C=O) groups is 1. The van der Waals surface area contributed by atoms with Gasteiger partial charge in [0.25, 0.3) is 0 Å². The van der Waals surface area contributed by atoms with Gasteiger partial charge in [0.2, 0.25) is 5.91 Å². The number of amides is 1. The van der Waals surface area contributed by atoms with Crippen LogP contribution >= 0.6 is 0 Å². The molecule has 4 atom stereocenters. The van der Waals surface area contributed by atoms with Crippen molar-refractivity contribution in [2.75, 3.05) is 0 Å². The molecule has 0 aromatic heterocycles. The van der Waals surface area contributed by atoms with Crippen LogP contribution in [-0.4, -0.2) is 24.0 Å². The zero-order valence-corrected chi connectivity index (χ0v) is 12.2. The Labute approximate surface area is 116 Å². The smallest absolute Gasteiger partial charge is 0.237 e. The van der Waals surface area contributed by atoms with Crippen LogP contribution in [0.2, 0.25) is 0 Å². The lowest BCUT2D eigenvalue weighted by molar-refractivity contribution is -0.125. The summed E-state index contributed by atoms with van der Waals surface area (Å²) in [5.74, 6) is 1.97. The molecule has 1 saturated heterocycles. The second-order valence-electron chi connectivity index (χ2n) is 7.04. The van der Waals surface area contributed by atoms with Crippen LogP contribution in [0, 0.1) is 11.8 Å². The molecule has 0 spiro atoms. The Morgan fingerprint density at radius 3 is 2.74 bits per heavy atom. The topological polar surface area (TPSA) is 41.1 Å². The third kappa shape index (κ3) is 3.50. The predicted molar refractivity (Wildman–Crippen MR) is 76.8 cm³/mol. The Morgan fingerprint density at radius 2 is 1.95 bits per heavy atom. The highest BCUT2D eigenvalue weighted by Crippen LogP contribution is 2.34. The third-order valence-electron chi connectivity index (χ3n) is 5.24. The van der Waals surface area contributed by atoms with Gasteiger partial charge in [0.15, 0.2) is 0 Å². The second-order valence-corrected chi connectivity index (χ2v) is 7.04.